The van der Waals surface area contributed by atoms with Crippen LogP contribution in [0.5, 0.6) is 0 Å². The van der Waals surface area contributed by atoms with Gasteiger partial charge in [-0.1, -0.05) is 5.16 Å². The van der Waals surface area contributed by atoms with E-state index in [9.17, 15) is 0 Å². The Hall–Kier alpha value is -1.27. The van der Waals surface area contributed by atoms with Gasteiger partial charge in [-0.05, 0) is 50.1 Å². The van der Waals surface area contributed by atoms with Crippen molar-refractivity contribution in [1.82, 2.24) is 15.1 Å². The minimum Gasteiger partial charge on any atom is -0.360 e. The van der Waals surface area contributed by atoms with Crippen molar-refractivity contribution < 1.29 is 4.52 Å². The van der Waals surface area contributed by atoms with Crippen LogP contribution >= 0.6 is 31.9 Å². The van der Waals surface area contributed by atoms with Crippen molar-refractivity contribution in [1.29, 1.82) is 0 Å². The lowest BCUT2D eigenvalue weighted by Gasteiger charge is -1.86. The van der Waals surface area contributed by atoms with E-state index in [4.69, 9.17) is 4.52 Å². The van der Waals surface area contributed by atoms with Crippen LogP contribution in [0, 0.1) is 0 Å². The van der Waals surface area contributed by atoms with Gasteiger partial charge < -0.3 is 14.5 Å². The topological polar surface area (TPSA) is 57.6 Å². The molecule has 0 aliphatic heterocycles. The Kier molecular flexibility index (Phi) is 2.68. The summed E-state index contributed by atoms with van der Waals surface area (Å²) in [5.74, 6) is 0.695. The predicted octanol–water partition coefficient (Wildman–Crippen LogP) is 4.19. The van der Waals surface area contributed by atoms with Crippen molar-refractivity contribution in [2.24, 2.45) is 0 Å². The Balaban J connectivity index is 2.00. The highest BCUT2D eigenvalue weighted by Crippen LogP contribution is 2.30. The third-order valence-corrected chi connectivity index (χ3v) is 4.16. The van der Waals surface area contributed by atoms with Crippen LogP contribution in [0.2, 0.25) is 0 Å². The highest BCUT2D eigenvalue weighted by Gasteiger charge is 2.12. The van der Waals surface area contributed by atoms with E-state index in [1.165, 1.54) is 0 Å². The molecule has 4 nitrogen and oxygen atoms in total. The first-order chi connectivity index (χ1) is 8.24. The summed E-state index contributed by atoms with van der Waals surface area (Å²) in [5, 5.41) is 4.02. The number of nitrogens with zero attached hydrogens (tertiary/aromatic N) is 1. The van der Waals surface area contributed by atoms with E-state index in [2.05, 4.69) is 47.0 Å². The van der Waals surface area contributed by atoms with Crippen molar-refractivity contribution in [2.45, 2.75) is 0 Å². The maximum Gasteiger partial charge on any atom is 0.183 e. The first-order valence-electron chi connectivity index (χ1n) is 4.89. The van der Waals surface area contributed by atoms with Gasteiger partial charge in [0.1, 0.15) is 5.69 Å². The fourth-order valence-electron chi connectivity index (χ4n) is 1.56. The highest BCUT2D eigenvalue weighted by atomic mass is 79.9. The second-order valence-electron chi connectivity index (χ2n) is 3.51. The largest absolute Gasteiger partial charge is 0.360 e. The molecule has 0 aromatic carbocycles. The molecule has 3 rings (SSSR count). The van der Waals surface area contributed by atoms with E-state index >= 15 is 0 Å². The van der Waals surface area contributed by atoms with Crippen molar-refractivity contribution in [3.8, 4) is 22.8 Å². The summed E-state index contributed by atoms with van der Waals surface area (Å²) >= 11 is 6.80. The first-order valence-corrected chi connectivity index (χ1v) is 6.47. The molecule has 0 saturated heterocycles. The molecule has 0 radical (unpaired) electrons. The van der Waals surface area contributed by atoms with Gasteiger partial charge in [0.2, 0.25) is 0 Å². The first kappa shape index (κ1) is 10.9. The summed E-state index contributed by atoms with van der Waals surface area (Å²) in [4.78, 5) is 6.23. The van der Waals surface area contributed by atoms with Crippen LogP contribution in [0.4, 0.5) is 0 Å². The van der Waals surface area contributed by atoms with E-state index in [1.807, 2.05) is 30.5 Å². The highest BCUT2D eigenvalue weighted by molar-refractivity contribution is 9.13. The normalized spacial score (nSPS) is 10.9. The summed E-state index contributed by atoms with van der Waals surface area (Å²) in [5.41, 5.74) is 2.59. The Morgan fingerprint density at radius 2 is 2.06 bits per heavy atom. The number of aromatic amines is 2. The van der Waals surface area contributed by atoms with Gasteiger partial charge in [0, 0.05) is 12.3 Å². The zero-order chi connectivity index (χ0) is 11.8. The number of nitrogens with one attached hydrogen (secondary N) is 2. The zero-order valence-electron chi connectivity index (χ0n) is 8.50. The molecule has 0 atom stereocenters. The van der Waals surface area contributed by atoms with Crippen molar-refractivity contribution in [2.75, 3.05) is 0 Å². The number of H-pyrrole nitrogens is 2. The van der Waals surface area contributed by atoms with Gasteiger partial charge in [-0.15, -0.1) is 0 Å². The van der Waals surface area contributed by atoms with E-state index in [0.717, 1.165) is 26.2 Å². The standard InChI is InChI=1S/C11H7Br2N3O/c12-6-4-9(15-11(6)13)10-5-8(16-17-10)7-2-1-3-14-7/h1-5,14-15H. The van der Waals surface area contributed by atoms with Crippen molar-refractivity contribution in [3.05, 3.63) is 39.5 Å². The summed E-state index contributed by atoms with van der Waals surface area (Å²) in [6, 6.07) is 7.69. The molecule has 86 valence electrons. The molecular formula is C11H7Br2N3O. The second-order valence-corrected chi connectivity index (χ2v) is 5.15. The summed E-state index contributed by atoms with van der Waals surface area (Å²) in [7, 11) is 0. The Labute approximate surface area is 114 Å². The van der Waals surface area contributed by atoms with Crippen LogP contribution in [0.1, 0.15) is 0 Å². The molecule has 17 heavy (non-hydrogen) atoms. The molecule has 0 amide bonds. The molecule has 2 N–H and O–H groups in total. The van der Waals surface area contributed by atoms with E-state index in [-0.39, 0.29) is 0 Å². The lowest BCUT2D eigenvalue weighted by atomic mass is 10.2. The van der Waals surface area contributed by atoms with E-state index in [1.54, 1.807) is 0 Å². The van der Waals surface area contributed by atoms with Crippen molar-refractivity contribution in [3.63, 3.8) is 0 Å². The Morgan fingerprint density at radius 3 is 2.71 bits per heavy atom. The molecule has 3 aromatic heterocycles. The van der Waals surface area contributed by atoms with Gasteiger partial charge in [0.25, 0.3) is 0 Å². The average molecular weight is 357 g/mol. The summed E-state index contributed by atoms with van der Waals surface area (Å²) in [6.07, 6.45) is 1.85. The summed E-state index contributed by atoms with van der Waals surface area (Å²) in [6.45, 7) is 0. The van der Waals surface area contributed by atoms with Crippen LogP contribution in [0.25, 0.3) is 22.8 Å². The van der Waals surface area contributed by atoms with Crippen LogP contribution in [-0.2, 0) is 0 Å². The number of hydrogen-bond donors (Lipinski definition) is 2. The monoisotopic (exact) mass is 355 g/mol. The Morgan fingerprint density at radius 1 is 1.18 bits per heavy atom. The molecule has 0 saturated carbocycles. The number of hydrogen-bond acceptors (Lipinski definition) is 2. The van der Waals surface area contributed by atoms with Gasteiger partial charge in [-0.3, -0.25) is 0 Å². The molecule has 0 aliphatic rings. The van der Waals surface area contributed by atoms with E-state index in [0.29, 0.717) is 5.76 Å². The minimum absolute atomic E-state index is 0.695. The van der Waals surface area contributed by atoms with Crippen LogP contribution in [-0.4, -0.2) is 15.1 Å². The Bertz CT molecular complexity index is 620. The third-order valence-electron chi connectivity index (χ3n) is 2.37. The third kappa shape index (κ3) is 1.98. The lowest BCUT2D eigenvalue weighted by molar-refractivity contribution is 0.433. The number of rotatable bonds is 2. The maximum atomic E-state index is 5.30. The summed E-state index contributed by atoms with van der Waals surface area (Å²) < 4.78 is 7.13. The number of aromatic nitrogens is 3. The molecule has 0 fully saturated rings. The molecule has 6 heteroatoms. The maximum absolute atomic E-state index is 5.30. The van der Waals surface area contributed by atoms with E-state index < -0.39 is 0 Å². The number of halogens is 2. The van der Waals surface area contributed by atoms with Crippen LogP contribution in [0.15, 0.2) is 44.1 Å². The minimum atomic E-state index is 0.695. The van der Waals surface area contributed by atoms with Crippen molar-refractivity contribution >= 4 is 31.9 Å². The van der Waals surface area contributed by atoms with Crippen LogP contribution in [0.3, 0.4) is 0 Å². The van der Waals surface area contributed by atoms with Gasteiger partial charge in [-0.25, -0.2) is 0 Å². The second kappa shape index (κ2) is 4.19. The molecular weight excluding hydrogens is 350 g/mol. The quantitative estimate of drug-likeness (QED) is 0.723. The SMILES string of the molecule is Brc1cc(-c2cc(-c3ccc[nH]3)no2)[nH]c1Br. The van der Waals surface area contributed by atoms with Crippen LogP contribution < -0.4 is 0 Å². The fourth-order valence-corrected chi connectivity index (χ4v) is 2.21. The van der Waals surface area contributed by atoms with Gasteiger partial charge in [0.15, 0.2) is 5.76 Å². The predicted molar refractivity (Wildman–Crippen MR) is 71.5 cm³/mol. The molecule has 0 spiro atoms. The van der Waals surface area contributed by atoms with Gasteiger partial charge in [-0.2, -0.15) is 0 Å². The molecule has 0 bridgehead atoms. The fraction of sp³-hybridized carbons (Fsp3) is 0. The molecule has 3 aromatic rings. The molecule has 0 aliphatic carbocycles. The molecule has 3 heterocycles. The van der Waals surface area contributed by atoms with Gasteiger partial charge >= 0.3 is 0 Å². The lowest BCUT2D eigenvalue weighted by Crippen LogP contribution is -1.73. The smallest absolute Gasteiger partial charge is 0.183 e. The van der Waals surface area contributed by atoms with Gasteiger partial charge in [0.05, 0.1) is 20.5 Å². The zero-order valence-corrected chi connectivity index (χ0v) is 11.7. The molecule has 0 unspecified atom stereocenters. The average Bonchev–Trinajstić information content (AvgIpc) is 3.00.